The van der Waals surface area contributed by atoms with E-state index in [0.717, 1.165) is 27.2 Å². The number of para-hydroxylation sites is 1. The monoisotopic (exact) mass is 424 g/mol. The Morgan fingerprint density at radius 2 is 1.90 bits per heavy atom. The number of hydrogen-bond donors (Lipinski definition) is 1. The van der Waals surface area contributed by atoms with Gasteiger partial charge in [0, 0.05) is 23.2 Å². The fourth-order valence-corrected chi connectivity index (χ4v) is 3.89. The number of ether oxygens (including phenoxy) is 2. The molecule has 2 aromatic carbocycles. The van der Waals surface area contributed by atoms with Gasteiger partial charge in [0.05, 0.1) is 24.3 Å². The molecular formula is C23H24N2O4S. The molecule has 3 aromatic rings. The third kappa shape index (κ3) is 5.30. The van der Waals surface area contributed by atoms with Gasteiger partial charge in [-0.15, -0.1) is 11.8 Å². The first-order valence-electron chi connectivity index (χ1n) is 9.66. The predicted molar refractivity (Wildman–Crippen MR) is 119 cm³/mol. The normalized spacial score (nSPS) is 10.6. The summed E-state index contributed by atoms with van der Waals surface area (Å²) in [5.74, 6) is 0.866. The van der Waals surface area contributed by atoms with Crippen molar-refractivity contribution >= 4 is 40.2 Å². The van der Waals surface area contributed by atoms with Gasteiger partial charge in [-0.2, -0.15) is 0 Å². The predicted octanol–water partition coefficient (Wildman–Crippen LogP) is 4.85. The topological polar surface area (TPSA) is 77.5 Å². The van der Waals surface area contributed by atoms with E-state index < -0.39 is 0 Å². The number of hydrogen-bond acceptors (Lipinski definition) is 6. The second-order valence-electron chi connectivity index (χ2n) is 6.58. The summed E-state index contributed by atoms with van der Waals surface area (Å²) in [5, 5.41) is 4.76. The highest BCUT2D eigenvalue weighted by molar-refractivity contribution is 7.99. The molecule has 0 saturated carbocycles. The summed E-state index contributed by atoms with van der Waals surface area (Å²) in [6.45, 7) is 4.13. The number of nitrogens with one attached hydrogen (secondary N) is 1. The minimum Gasteiger partial charge on any atom is -0.494 e. The van der Waals surface area contributed by atoms with Crippen LogP contribution in [0.25, 0.3) is 10.9 Å². The fourth-order valence-electron chi connectivity index (χ4n) is 2.98. The van der Waals surface area contributed by atoms with Crippen molar-refractivity contribution in [3.05, 3.63) is 59.7 Å². The number of aromatic nitrogens is 1. The van der Waals surface area contributed by atoms with Crippen LogP contribution in [0.15, 0.2) is 53.6 Å². The number of amides is 1. The largest absolute Gasteiger partial charge is 0.494 e. The van der Waals surface area contributed by atoms with Gasteiger partial charge in [0.2, 0.25) is 5.91 Å². The van der Waals surface area contributed by atoms with Crippen LogP contribution in [0.3, 0.4) is 0 Å². The number of aryl methyl sites for hydroxylation is 1. The molecule has 0 saturated heterocycles. The Hall–Kier alpha value is -3.06. The lowest BCUT2D eigenvalue weighted by molar-refractivity contribution is -0.115. The third-order valence-corrected chi connectivity index (χ3v) is 5.38. The standard InChI is InChI=1S/C23H24N2O4S/c1-4-29-23(27)16-8-10-17(11-9-16)24-20(26)12-13-30-21-14-15(2)18-6-5-7-19(28-3)22(18)25-21/h5-11,14H,4,12-13H2,1-3H3,(H,24,26). The summed E-state index contributed by atoms with van der Waals surface area (Å²) in [6, 6.07) is 14.6. The lowest BCUT2D eigenvalue weighted by Gasteiger charge is -2.10. The average molecular weight is 425 g/mol. The van der Waals surface area contributed by atoms with Crippen LogP contribution in [0.5, 0.6) is 5.75 Å². The van der Waals surface area contributed by atoms with E-state index in [1.807, 2.05) is 31.2 Å². The van der Waals surface area contributed by atoms with Gasteiger partial charge < -0.3 is 14.8 Å². The molecule has 0 aliphatic heterocycles. The highest BCUT2D eigenvalue weighted by Gasteiger charge is 2.10. The summed E-state index contributed by atoms with van der Waals surface area (Å²) in [4.78, 5) is 28.6. The van der Waals surface area contributed by atoms with Crippen molar-refractivity contribution in [2.45, 2.75) is 25.3 Å². The van der Waals surface area contributed by atoms with Crippen molar-refractivity contribution in [2.24, 2.45) is 0 Å². The number of pyridine rings is 1. The van der Waals surface area contributed by atoms with Crippen molar-refractivity contribution in [3.63, 3.8) is 0 Å². The number of benzene rings is 2. The maximum absolute atomic E-state index is 12.2. The molecule has 6 nitrogen and oxygen atoms in total. The van der Waals surface area contributed by atoms with Crippen LogP contribution in [0, 0.1) is 6.92 Å². The third-order valence-electron chi connectivity index (χ3n) is 4.46. The molecule has 1 amide bonds. The zero-order valence-corrected chi connectivity index (χ0v) is 18.0. The molecule has 7 heteroatoms. The first kappa shape index (κ1) is 21.6. The van der Waals surface area contributed by atoms with E-state index in [1.54, 1.807) is 38.3 Å². The number of methoxy groups -OCH3 is 1. The van der Waals surface area contributed by atoms with Crippen LogP contribution in [0.1, 0.15) is 29.3 Å². The molecule has 0 atom stereocenters. The Labute approximate surface area is 180 Å². The number of anilines is 1. The number of fused-ring (bicyclic) bond motifs is 1. The van der Waals surface area contributed by atoms with Crippen LogP contribution in [0.2, 0.25) is 0 Å². The molecule has 156 valence electrons. The smallest absolute Gasteiger partial charge is 0.338 e. The summed E-state index contributed by atoms with van der Waals surface area (Å²) >= 11 is 1.53. The Morgan fingerprint density at radius 1 is 1.13 bits per heavy atom. The van der Waals surface area contributed by atoms with E-state index >= 15 is 0 Å². The lowest BCUT2D eigenvalue weighted by Crippen LogP contribution is -2.12. The van der Waals surface area contributed by atoms with Crippen LogP contribution in [-0.2, 0) is 9.53 Å². The van der Waals surface area contributed by atoms with Gasteiger partial charge in [0.25, 0.3) is 0 Å². The Balaban J connectivity index is 1.56. The number of carbonyl (C=O) groups is 2. The number of esters is 1. The van der Waals surface area contributed by atoms with Crippen molar-refractivity contribution < 1.29 is 19.1 Å². The molecule has 1 aromatic heterocycles. The van der Waals surface area contributed by atoms with Gasteiger partial charge >= 0.3 is 5.97 Å². The average Bonchev–Trinajstić information content (AvgIpc) is 2.74. The number of rotatable bonds is 8. The van der Waals surface area contributed by atoms with Gasteiger partial charge in [-0.1, -0.05) is 12.1 Å². The fraction of sp³-hybridized carbons (Fsp3) is 0.261. The van der Waals surface area contributed by atoms with Gasteiger partial charge in [0.1, 0.15) is 11.3 Å². The SMILES string of the molecule is CCOC(=O)c1ccc(NC(=O)CCSc2cc(C)c3cccc(OC)c3n2)cc1. The summed E-state index contributed by atoms with van der Waals surface area (Å²) < 4.78 is 10.4. The lowest BCUT2D eigenvalue weighted by atomic mass is 10.1. The maximum Gasteiger partial charge on any atom is 0.338 e. The van der Waals surface area contributed by atoms with E-state index in [-0.39, 0.29) is 11.9 Å². The quantitative estimate of drug-likeness (QED) is 0.411. The van der Waals surface area contributed by atoms with E-state index in [1.165, 1.54) is 11.8 Å². The minimum absolute atomic E-state index is 0.0959. The van der Waals surface area contributed by atoms with E-state index in [0.29, 0.717) is 30.0 Å². The first-order valence-corrected chi connectivity index (χ1v) is 10.6. The number of carbonyl (C=O) groups excluding carboxylic acids is 2. The van der Waals surface area contributed by atoms with E-state index in [9.17, 15) is 9.59 Å². The highest BCUT2D eigenvalue weighted by atomic mass is 32.2. The van der Waals surface area contributed by atoms with Crippen LogP contribution < -0.4 is 10.1 Å². The molecule has 30 heavy (non-hydrogen) atoms. The second-order valence-corrected chi connectivity index (χ2v) is 7.69. The van der Waals surface area contributed by atoms with Gasteiger partial charge in [0.15, 0.2) is 0 Å². The zero-order chi connectivity index (χ0) is 21.5. The Kier molecular flexibility index (Phi) is 7.30. The van der Waals surface area contributed by atoms with Crippen molar-refractivity contribution in [2.75, 3.05) is 24.8 Å². The van der Waals surface area contributed by atoms with Crippen LogP contribution in [0.4, 0.5) is 5.69 Å². The molecular weight excluding hydrogens is 400 g/mol. The summed E-state index contributed by atoms with van der Waals surface area (Å²) in [5.41, 5.74) is 3.04. The van der Waals surface area contributed by atoms with Gasteiger partial charge in [-0.05, 0) is 55.8 Å². The molecule has 0 aliphatic rings. The molecule has 0 radical (unpaired) electrons. The summed E-state index contributed by atoms with van der Waals surface area (Å²) in [7, 11) is 1.63. The maximum atomic E-state index is 12.2. The van der Waals surface area contributed by atoms with Crippen molar-refractivity contribution in [1.29, 1.82) is 0 Å². The van der Waals surface area contributed by atoms with Crippen molar-refractivity contribution in [1.82, 2.24) is 4.98 Å². The molecule has 3 rings (SSSR count). The van der Waals surface area contributed by atoms with E-state index in [4.69, 9.17) is 14.5 Å². The highest BCUT2D eigenvalue weighted by Crippen LogP contribution is 2.29. The molecule has 0 spiro atoms. The molecule has 0 unspecified atom stereocenters. The number of nitrogens with zero attached hydrogens (tertiary/aromatic N) is 1. The number of thioether (sulfide) groups is 1. The molecule has 0 bridgehead atoms. The Bertz CT molecular complexity index is 1050. The van der Waals surface area contributed by atoms with Gasteiger partial charge in [-0.3, -0.25) is 4.79 Å². The zero-order valence-electron chi connectivity index (χ0n) is 17.2. The molecule has 0 fully saturated rings. The summed E-state index contributed by atoms with van der Waals surface area (Å²) in [6.07, 6.45) is 0.342. The van der Waals surface area contributed by atoms with Crippen LogP contribution in [-0.4, -0.2) is 36.3 Å². The van der Waals surface area contributed by atoms with Crippen LogP contribution >= 0.6 is 11.8 Å². The van der Waals surface area contributed by atoms with Gasteiger partial charge in [-0.25, -0.2) is 9.78 Å². The van der Waals surface area contributed by atoms with Crippen molar-refractivity contribution in [3.8, 4) is 5.75 Å². The minimum atomic E-state index is -0.374. The molecule has 1 heterocycles. The molecule has 0 aliphatic carbocycles. The first-order chi connectivity index (χ1) is 14.5. The second kappa shape index (κ2) is 10.1. The Morgan fingerprint density at radius 3 is 2.60 bits per heavy atom. The molecule has 1 N–H and O–H groups in total. The van der Waals surface area contributed by atoms with E-state index in [2.05, 4.69) is 5.32 Å².